The van der Waals surface area contributed by atoms with Gasteiger partial charge in [-0.3, -0.25) is 4.79 Å². The first-order chi connectivity index (χ1) is 7.77. The molecule has 80 valence electrons. The highest BCUT2D eigenvalue weighted by Crippen LogP contribution is 2.00. The number of hydrogen-bond acceptors (Lipinski definition) is 3. The minimum atomic E-state index is -0.286. The van der Waals surface area contributed by atoms with Gasteiger partial charge in [-0.2, -0.15) is 0 Å². The SMILES string of the molecule is O=C(NC(=S)c1ccccc1)c1cnc[nH]1. The normalized spacial score (nSPS) is 9.75. The maximum Gasteiger partial charge on any atom is 0.274 e. The largest absolute Gasteiger partial charge is 0.341 e. The summed E-state index contributed by atoms with van der Waals surface area (Å²) in [5, 5.41) is 2.62. The van der Waals surface area contributed by atoms with Gasteiger partial charge in [0, 0.05) is 5.56 Å². The smallest absolute Gasteiger partial charge is 0.274 e. The fraction of sp³-hybridized carbons (Fsp3) is 0. The van der Waals surface area contributed by atoms with Crippen molar-refractivity contribution in [3.8, 4) is 0 Å². The number of rotatable bonds is 2. The highest BCUT2D eigenvalue weighted by atomic mass is 32.1. The van der Waals surface area contributed by atoms with E-state index in [1.165, 1.54) is 12.5 Å². The lowest BCUT2D eigenvalue weighted by molar-refractivity contribution is 0.0973. The van der Waals surface area contributed by atoms with Crippen LogP contribution in [0.5, 0.6) is 0 Å². The predicted molar refractivity (Wildman–Crippen MR) is 64.2 cm³/mol. The van der Waals surface area contributed by atoms with E-state index in [0.717, 1.165) is 5.56 Å². The lowest BCUT2D eigenvalue weighted by atomic mass is 10.2. The van der Waals surface area contributed by atoms with E-state index in [1.54, 1.807) is 0 Å². The van der Waals surface area contributed by atoms with Gasteiger partial charge < -0.3 is 10.3 Å². The number of aromatic amines is 1. The van der Waals surface area contributed by atoms with E-state index in [9.17, 15) is 4.79 Å². The topological polar surface area (TPSA) is 57.8 Å². The number of nitrogens with zero attached hydrogens (tertiary/aromatic N) is 1. The molecular formula is C11H9N3OS. The maximum atomic E-state index is 11.6. The van der Waals surface area contributed by atoms with Gasteiger partial charge >= 0.3 is 0 Å². The highest BCUT2D eigenvalue weighted by Gasteiger charge is 2.09. The van der Waals surface area contributed by atoms with Crippen LogP contribution in [0.25, 0.3) is 0 Å². The average Bonchev–Trinajstić information content (AvgIpc) is 2.83. The number of amides is 1. The van der Waals surface area contributed by atoms with E-state index >= 15 is 0 Å². The average molecular weight is 231 g/mol. The van der Waals surface area contributed by atoms with Gasteiger partial charge in [0.1, 0.15) is 10.7 Å². The van der Waals surface area contributed by atoms with Crippen LogP contribution < -0.4 is 5.32 Å². The number of benzene rings is 1. The molecule has 4 nitrogen and oxygen atoms in total. The van der Waals surface area contributed by atoms with Crippen LogP contribution in [-0.4, -0.2) is 20.9 Å². The van der Waals surface area contributed by atoms with E-state index in [1.807, 2.05) is 30.3 Å². The molecule has 0 saturated carbocycles. The van der Waals surface area contributed by atoms with E-state index < -0.39 is 0 Å². The van der Waals surface area contributed by atoms with Crippen molar-refractivity contribution in [1.29, 1.82) is 0 Å². The zero-order chi connectivity index (χ0) is 11.4. The van der Waals surface area contributed by atoms with Gasteiger partial charge in [-0.1, -0.05) is 42.5 Å². The van der Waals surface area contributed by atoms with Crippen LogP contribution in [0.4, 0.5) is 0 Å². The predicted octanol–water partition coefficient (Wildman–Crippen LogP) is 1.52. The highest BCUT2D eigenvalue weighted by molar-refractivity contribution is 7.80. The third-order valence-corrected chi connectivity index (χ3v) is 2.34. The van der Waals surface area contributed by atoms with Crippen LogP contribution in [0.2, 0.25) is 0 Å². The molecule has 16 heavy (non-hydrogen) atoms. The van der Waals surface area contributed by atoms with Crippen molar-refractivity contribution >= 4 is 23.1 Å². The molecule has 2 N–H and O–H groups in total. The number of thiocarbonyl (C=S) groups is 1. The second-order valence-corrected chi connectivity index (χ2v) is 3.52. The van der Waals surface area contributed by atoms with E-state index in [2.05, 4.69) is 15.3 Å². The van der Waals surface area contributed by atoms with E-state index in [-0.39, 0.29) is 5.91 Å². The molecule has 0 bridgehead atoms. The molecule has 0 aliphatic heterocycles. The van der Waals surface area contributed by atoms with Crippen molar-refractivity contribution in [2.45, 2.75) is 0 Å². The van der Waals surface area contributed by atoms with E-state index in [0.29, 0.717) is 10.7 Å². The monoisotopic (exact) mass is 231 g/mol. The van der Waals surface area contributed by atoms with Gasteiger partial charge in [0.2, 0.25) is 0 Å². The maximum absolute atomic E-state index is 11.6. The lowest BCUT2D eigenvalue weighted by Crippen LogP contribution is -2.29. The Hall–Kier alpha value is -2.01. The standard InChI is InChI=1S/C11H9N3OS/c15-10(9-6-12-7-13-9)14-11(16)8-4-2-1-3-5-8/h1-7H,(H,12,13)(H,14,15,16). The first-order valence-electron chi connectivity index (χ1n) is 4.66. The molecule has 0 atom stereocenters. The lowest BCUT2D eigenvalue weighted by Gasteiger charge is -2.04. The van der Waals surface area contributed by atoms with Crippen LogP contribution in [0.15, 0.2) is 42.9 Å². The Kier molecular flexibility index (Phi) is 3.07. The summed E-state index contributed by atoms with van der Waals surface area (Å²) >= 11 is 5.10. The zero-order valence-corrected chi connectivity index (χ0v) is 9.12. The summed E-state index contributed by atoms with van der Waals surface area (Å²) in [5.41, 5.74) is 1.20. The number of aromatic nitrogens is 2. The number of carbonyl (C=O) groups excluding carboxylic acids is 1. The summed E-state index contributed by atoms with van der Waals surface area (Å²) in [7, 11) is 0. The van der Waals surface area contributed by atoms with Crippen molar-refractivity contribution in [1.82, 2.24) is 15.3 Å². The van der Waals surface area contributed by atoms with Crippen molar-refractivity contribution in [2.75, 3.05) is 0 Å². The van der Waals surface area contributed by atoms with Crippen molar-refractivity contribution in [3.63, 3.8) is 0 Å². The molecule has 2 rings (SSSR count). The molecule has 0 aliphatic rings. The molecule has 1 amide bonds. The number of nitrogens with one attached hydrogen (secondary N) is 2. The Bertz CT molecular complexity index is 493. The fourth-order valence-corrected chi connectivity index (χ4v) is 1.44. The number of H-pyrrole nitrogens is 1. The Morgan fingerprint density at radius 1 is 1.31 bits per heavy atom. The first-order valence-corrected chi connectivity index (χ1v) is 5.07. The van der Waals surface area contributed by atoms with Gasteiger partial charge in [0.25, 0.3) is 5.91 Å². The first kappa shape index (κ1) is 10.5. The van der Waals surface area contributed by atoms with Crippen molar-refractivity contribution in [3.05, 3.63) is 54.1 Å². The Labute approximate surface area is 97.7 Å². The molecule has 1 heterocycles. The molecular weight excluding hydrogens is 222 g/mol. The number of hydrogen-bond donors (Lipinski definition) is 2. The van der Waals surface area contributed by atoms with Crippen molar-refractivity contribution in [2.24, 2.45) is 0 Å². The Morgan fingerprint density at radius 2 is 2.06 bits per heavy atom. The van der Waals surface area contributed by atoms with E-state index in [4.69, 9.17) is 12.2 Å². The summed E-state index contributed by atoms with van der Waals surface area (Å²) in [5.74, 6) is -0.286. The number of imidazole rings is 1. The quantitative estimate of drug-likeness (QED) is 0.770. The Balaban J connectivity index is 2.06. The van der Waals surface area contributed by atoms with Crippen LogP contribution in [0, 0.1) is 0 Å². The summed E-state index contributed by atoms with van der Waals surface area (Å²) in [6.45, 7) is 0. The Morgan fingerprint density at radius 3 is 2.69 bits per heavy atom. The zero-order valence-electron chi connectivity index (χ0n) is 8.31. The molecule has 1 aromatic heterocycles. The van der Waals surface area contributed by atoms with Gasteiger partial charge in [-0.05, 0) is 0 Å². The summed E-state index contributed by atoms with van der Waals surface area (Å²) in [6.07, 6.45) is 2.89. The van der Waals surface area contributed by atoms with Gasteiger partial charge in [0.15, 0.2) is 0 Å². The molecule has 0 unspecified atom stereocenters. The molecule has 5 heteroatoms. The molecule has 0 radical (unpaired) electrons. The molecule has 2 aromatic rings. The minimum absolute atomic E-state index is 0.286. The minimum Gasteiger partial charge on any atom is -0.341 e. The molecule has 0 saturated heterocycles. The molecule has 0 aliphatic carbocycles. The van der Waals surface area contributed by atoms with Crippen LogP contribution in [-0.2, 0) is 0 Å². The van der Waals surface area contributed by atoms with Crippen LogP contribution >= 0.6 is 12.2 Å². The van der Waals surface area contributed by atoms with Crippen LogP contribution in [0.1, 0.15) is 16.1 Å². The molecule has 0 fully saturated rings. The van der Waals surface area contributed by atoms with Gasteiger partial charge in [-0.25, -0.2) is 4.98 Å². The summed E-state index contributed by atoms with van der Waals surface area (Å²) < 4.78 is 0. The molecule has 1 aromatic carbocycles. The third kappa shape index (κ3) is 2.32. The van der Waals surface area contributed by atoms with Gasteiger partial charge in [-0.15, -0.1) is 0 Å². The second-order valence-electron chi connectivity index (χ2n) is 3.11. The van der Waals surface area contributed by atoms with Crippen molar-refractivity contribution < 1.29 is 4.79 Å². The summed E-state index contributed by atoms with van der Waals surface area (Å²) in [6, 6.07) is 9.31. The molecule has 0 spiro atoms. The van der Waals surface area contributed by atoms with Gasteiger partial charge in [0.05, 0.1) is 12.5 Å². The fourth-order valence-electron chi connectivity index (χ4n) is 1.21. The van der Waals surface area contributed by atoms with Crippen LogP contribution in [0.3, 0.4) is 0 Å². The second kappa shape index (κ2) is 4.67. The summed E-state index contributed by atoms with van der Waals surface area (Å²) in [4.78, 5) is 18.5. The number of carbonyl (C=O) groups is 1. The third-order valence-electron chi connectivity index (χ3n) is 2.01.